The summed E-state index contributed by atoms with van der Waals surface area (Å²) in [7, 11) is 2.33. The predicted octanol–water partition coefficient (Wildman–Crippen LogP) is 3.81. The molecule has 7 heteroatoms. The molecular formula is C20H30ClN2O4+. The molecule has 2 aliphatic rings. The van der Waals surface area contributed by atoms with Gasteiger partial charge in [0.1, 0.15) is 17.8 Å². The van der Waals surface area contributed by atoms with E-state index in [1.165, 1.54) is 25.5 Å². The first kappa shape index (κ1) is 20.1. The van der Waals surface area contributed by atoms with Gasteiger partial charge >= 0.3 is 5.97 Å². The summed E-state index contributed by atoms with van der Waals surface area (Å²) >= 11 is 6.13. The Bertz CT molecular complexity index is 731. The van der Waals surface area contributed by atoms with E-state index < -0.39 is 11.6 Å². The first-order valence-electron chi connectivity index (χ1n) is 9.70. The highest BCUT2D eigenvalue weighted by atomic mass is 35.5. The Morgan fingerprint density at radius 1 is 1.41 bits per heavy atom. The van der Waals surface area contributed by atoms with Gasteiger partial charge in [-0.1, -0.05) is 24.9 Å². The number of rotatable bonds is 5. The van der Waals surface area contributed by atoms with E-state index in [0.29, 0.717) is 12.5 Å². The summed E-state index contributed by atoms with van der Waals surface area (Å²) in [5.74, 6) is -0.337. The molecule has 1 unspecified atom stereocenters. The van der Waals surface area contributed by atoms with E-state index in [1.807, 2.05) is 6.92 Å². The topological polar surface area (TPSA) is 81.8 Å². The highest BCUT2D eigenvalue weighted by molar-refractivity contribution is 6.34. The summed E-state index contributed by atoms with van der Waals surface area (Å²) in [5.41, 5.74) is 5.77. The van der Waals surface area contributed by atoms with Gasteiger partial charge in [-0.05, 0) is 19.4 Å². The van der Waals surface area contributed by atoms with Crippen molar-refractivity contribution in [3.05, 3.63) is 16.7 Å². The van der Waals surface area contributed by atoms with Crippen LogP contribution in [0.25, 0.3) is 0 Å². The zero-order valence-electron chi connectivity index (χ0n) is 16.4. The number of piperidine rings is 1. The molecule has 1 aromatic carbocycles. The van der Waals surface area contributed by atoms with E-state index >= 15 is 0 Å². The first-order chi connectivity index (χ1) is 12.7. The lowest BCUT2D eigenvalue weighted by atomic mass is 9.80. The minimum atomic E-state index is -1.11. The van der Waals surface area contributed by atoms with E-state index in [0.717, 1.165) is 30.4 Å². The molecule has 3 N–H and O–H groups in total. The van der Waals surface area contributed by atoms with Crippen LogP contribution in [0.15, 0.2) is 6.07 Å². The third-order valence-corrected chi connectivity index (χ3v) is 6.56. The van der Waals surface area contributed by atoms with Crippen LogP contribution in [0.3, 0.4) is 0 Å². The molecular weight excluding hydrogens is 368 g/mol. The van der Waals surface area contributed by atoms with Crippen molar-refractivity contribution in [1.82, 2.24) is 0 Å². The Morgan fingerprint density at radius 3 is 2.67 bits per heavy atom. The quantitative estimate of drug-likeness (QED) is 0.583. The number of halogens is 1. The minimum absolute atomic E-state index is 0.0151. The lowest BCUT2D eigenvalue weighted by Gasteiger charge is -2.47. The number of fused-ring (bicyclic) bond motifs is 1. The predicted molar refractivity (Wildman–Crippen MR) is 106 cm³/mol. The van der Waals surface area contributed by atoms with Crippen molar-refractivity contribution in [1.29, 1.82) is 0 Å². The molecule has 1 aromatic rings. The van der Waals surface area contributed by atoms with Gasteiger partial charge in [0.25, 0.3) is 0 Å². The van der Waals surface area contributed by atoms with E-state index in [9.17, 15) is 9.90 Å². The Morgan fingerprint density at radius 2 is 2.07 bits per heavy atom. The third kappa shape index (κ3) is 3.83. The van der Waals surface area contributed by atoms with Crippen LogP contribution in [-0.2, 0) is 0 Å². The van der Waals surface area contributed by atoms with Crippen LogP contribution in [0.5, 0.6) is 11.5 Å². The molecule has 150 valence electrons. The lowest BCUT2D eigenvalue weighted by molar-refractivity contribution is -0.915. The number of nitrogens with two attached hydrogens (primary N) is 1. The van der Waals surface area contributed by atoms with E-state index in [2.05, 4.69) is 14.0 Å². The monoisotopic (exact) mass is 397 g/mol. The SMILES string of the molecule is CCCC[N+]1(C)CCC(C2(C)COc3c(C(=O)O)cc(Cl)c(N)c3O2)CC1. The number of hydrogen-bond donors (Lipinski definition) is 2. The van der Waals surface area contributed by atoms with Crippen LogP contribution in [0, 0.1) is 5.92 Å². The van der Waals surface area contributed by atoms with Crippen LogP contribution in [0.1, 0.15) is 49.9 Å². The number of carboxylic acid groups (broad SMARTS) is 1. The third-order valence-electron chi connectivity index (χ3n) is 6.24. The van der Waals surface area contributed by atoms with Crippen LogP contribution < -0.4 is 15.2 Å². The summed E-state index contributed by atoms with van der Waals surface area (Å²) in [6.45, 7) is 8.01. The molecule has 0 aromatic heterocycles. The number of nitrogen functional groups attached to an aromatic ring is 1. The fraction of sp³-hybridized carbons (Fsp3) is 0.650. The molecule has 0 spiro atoms. The molecule has 1 saturated heterocycles. The number of hydrogen-bond acceptors (Lipinski definition) is 4. The van der Waals surface area contributed by atoms with Gasteiger partial charge in [0.2, 0.25) is 0 Å². The van der Waals surface area contributed by atoms with Crippen molar-refractivity contribution < 1.29 is 23.9 Å². The van der Waals surface area contributed by atoms with Crippen molar-refractivity contribution in [2.75, 3.05) is 39.0 Å². The largest absolute Gasteiger partial charge is 0.485 e. The van der Waals surface area contributed by atoms with Gasteiger partial charge in [0.05, 0.1) is 37.4 Å². The normalized spacial score (nSPS) is 30.1. The number of likely N-dealkylation sites (tertiary alicyclic amines) is 1. The van der Waals surface area contributed by atoms with Crippen LogP contribution in [-0.4, -0.2) is 54.4 Å². The van der Waals surface area contributed by atoms with Crippen molar-refractivity contribution in [2.24, 2.45) is 5.92 Å². The van der Waals surface area contributed by atoms with E-state index in [-0.39, 0.29) is 27.8 Å². The van der Waals surface area contributed by atoms with E-state index in [1.54, 1.807) is 0 Å². The second kappa shape index (κ2) is 7.40. The van der Waals surface area contributed by atoms with Crippen molar-refractivity contribution in [2.45, 2.75) is 45.1 Å². The number of aromatic carboxylic acids is 1. The van der Waals surface area contributed by atoms with Gasteiger partial charge in [-0.15, -0.1) is 0 Å². The van der Waals surface area contributed by atoms with Gasteiger partial charge in [0.15, 0.2) is 11.5 Å². The highest BCUT2D eigenvalue weighted by Crippen LogP contribution is 2.48. The molecule has 27 heavy (non-hydrogen) atoms. The second-order valence-electron chi connectivity index (χ2n) is 8.40. The zero-order valence-corrected chi connectivity index (χ0v) is 17.1. The van der Waals surface area contributed by atoms with Gasteiger partial charge in [0, 0.05) is 18.8 Å². The smallest absolute Gasteiger partial charge is 0.339 e. The maximum Gasteiger partial charge on any atom is 0.339 e. The lowest BCUT2D eigenvalue weighted by Crippen LogP contribution is -2.57. The Labute approximate surface area is 165 Å². The summed E-state index contributed by atoms with van der Waals surface area (Å²) in [6, 6.07) is 1.32. The number of nitrogens with zero attached hydrogens (tertiary/aromatic N) is 1. The maximum atomic E-state index is 11.5. The number of anilines is 1. The molecule has 0 amide bonds. The summed E-state index contributed by atoms with van der Waals surface area (Å²) < 4.78 is 13.3. The standard InChI is InChI=1S/C20H29ClN2O4/c1-4-5-8-23(3)9-6-13(7-10-23)20(2)12-26-17-14(19(24)25)11-15(21)16(22)18(17)27-20/h11,13H,4-10,12,22H2,1-3H3/p+1. The molecule has 1 atom stereocenters. The fourth-order valence-corrected chi connectivity index (χ4v) is 4.47. The molecule has 1 fully saturated rings. The second-order valence-corrected chi connectivity index (χ2v) is 8.81. The van der Waals surface area contributed by atoms with Crippen molar-refractivity contribution >= 4 is 23.3 Å². The molecule has 0 radical (unpaired) electrons. The molecule has 0 bridgehead atoms. The van der Waals surface area contributed by atoms with Crippen LogP contribution in [0.4, 0.5) is 5.69 Å². The van der Waals surface area contributed by atoms with Crippen molar-refractivity contribution in [3.63, 3.8) is 0 Å². The molecule has 2 aliphatic heterocycles. The molecule has 0 saturated carbocycles. The number of carboxylic acids is 1. The average molecular weight is 398 g/mol. The average Bonchev–Trinajstić information content (AvgIpc) is 2.63. The number of unbranched alkanes of at least 4 members (excludes halogenated alkanes) is 1. The zero-order chi connectivity index (χ0) is 19.8. The fourth-order valence-electron chi connectivity index (χ4n) is 4.27. The molecule has 3 rings (SSSR count). The molecule has 0 aliphatic carbocycles. The number of quaternary nitrogens is 1. The summed E-state index contributed by atoms with van der Waals surface area (Å²) in [5, 5.41) is 9.60. The van der Waals surface area contributed by atoms with Crippen LogP contribution >= 0.6 is 11.6 Å². The number of benzene rings is 1. The van der Waals surface area contributed by atoms with Crippen LogP contribution in [0.2, 0.25) is 5.02 Å². The molecule has 2 heterocycles. The Balaban J connectivity index is 1.80. The maximum absolute atomic E-state index is 11.5. The Kier molecular flexibility index (Phi) is 5.50. The minimum Gasteiger partial charge on any atom is -0.485 e. The summed E-state index contributed by atoms with van der Waals surface area (Å²) in [6.07, 6.45) is 4.55. The van der Waals surface area contributed by atoms with Gasteiger partial charge < -0.3 is 24.8 Å². The molecule has 6 nitrogen and oxygen atoms in total. The van der Waals surface area contributed by atoms with E-state index in [4.69, 9.17) is 26.8 Å². The van der Waals surface area contributed by atoms with Crippen molar-refractivity contribution in [3.8, 4) is 11.5 Å². The number of carbonyl (C=O) groups is 1. The van der Waals surface area contributed by atoms with Gasteiger partial charge in [-0.25, -0.2) is 4.79 Å². The summed E-state index contributed by atoms with van der Waals surface area (Å²) in [4.78, 5) is 11.5. The van der Waals surface area contributed by atoms with Gasteiger partial charge in [-0.2, -0.15) is 0 Å². The van der Waals surface area contributed by atoms with Gasteiger partial charge in [-0.3, -0.25) is 0 Å². The first-order valence-corrected chi connectivity index (χ1v) is 10.1. The Hall–Kier alpha value is -1.66. The number of ether oxygens (including phenoxy) is 2. The highest BCUT2D eigenvalue weighted by Gasteiger charge is 2.46.